The molecule has 0 bridgehead atoms. The summed E-state index contributed by atoms with van der Waals surface area (Å²) < 4.78 is 56.5. The lowest BCUT2D eigenvalue weighted by atomic mass is 10.0. The molecular weight excluding hydrogens is 390 g/mol. The van der Waals surface area contributed by atoms with Crippen molar-refractivity contribution >= 4 is 26.7 Å². The third kappa shape index (κ3) is 3.59. The molecule has 0 aromatic carbocycles. The first-order valence-electron chi connectivity index (χ1n) is 8.46. The molecule has 0 saturated heterocycles. The zero-order valence-corrected chi connectivity index (χ0v) is 16.3. The molecule has 7 nitrogen and oxygen atoms in total. The first kappa shape index (κ1) is 19.9. The van der Waals surface area contributed by atoms with Crippen LogP contribution in [0.3, 0.4) is 0 Å². The van der Waals surface area contributed by atoms with Gasteiger partial charge in [0.2, 0.25) is 10.0 Å². The van der Waals surface area contributed by atoms with Gasteiger partial charge in [0.15, 0.2) is 17.5 Å². The maximum absolute atomic E-state index is 15.0. The highest BCUT2D eigenvalue weighted by Gasteiger charge is 2.23. The van der Waals surface area contributed by atoms with Crippen LogP contribution in [0.4, 0.5) is 14.6 Å². The van der Waals surface area contributed by atoms with E-state index in [0.717, 1.165) is 0 Å². The van der Waals surface area contributed by atoms with Crippen LogP contribution in [-0.2, 0) is 17.1 Å². The molecule has 10 heteroatoms. The normalized spacial score (nSPS) is 11.8. The summed E-state index contributed by atoms with van der Waals surface area (Å²) in [6.45, 7) is 3.41. The third-order valence-corrected chi connectivity index (χ3v) is 5.66. The van der Waals surface area contributed by atoms with Gasteiger partial charge in [0, 0.05) is 24.3 Å². The number of pyridine rings is 3. The van der Waals surface area contributed by atoms with Gasteiger partial charge in [-0.2, -0.15) is 0 Å². The molecule has 0 radical (unpaired) electrons. The minimum atomic E-state index is -3.85. The molecule has 0 saturated carbocycles. The van der Waals surface area contributed by atoms with E-state index in [2.05, 4.69) is 9.97 Å². The van der Waals surface area contributed by atoms with Crippen LogP contribution in [0, 0.1) is 18.6 Å². The van der Waals surface area contributed by atoms with Crippen LogP contribution in [0.1, 0.15) is 19.0 Å². The Morgan fingerprint density at radius 3 is 2.57 bits per heavy atom. The average molecular weight is 408 g/mol. The van der Waals surface area contributed by atoms with Crippen LogP contribution in [0.15, 0.2) is 29.3 Å². The number of sulfonamides is 1. The molecule has 3 aromatic heterocycles. The zero-order valence-electron chi connectivity index (χ0n) is 15.5. The van der Waals surface area contributed by atoms with E-state index in [4.69, 9.17) is 0 Å². The molecule has 0 atom stereocenters. The van der Waals surface area contributed by atoms with Crippen LogP contribution in [0.2, 0.25) is 0 Å². The van der Waals surface area contributed by atoms with Crippen LogP contribution in [0.5, 0.6) is 0 Å². The summed E-state index contributed by atoms with van der Waals surface area (Å²) in [5, 5.41) is 0.506. The largest absolute Gasteiger partial charge is 0.311 e. The molecule has 3 rings (SSSR count). The van der Waals surface area contributed by atoms with Gasteiger partial charge in [-0.25, -0.2) is 22.2 Å². The predicted molar refractivity (Wildman–Crippen MR) is 103 cm³/mol. The molecule has 0 amide bonds. The molecule has 3 aromatic rings. The van der Waals surface area contributed by atoms with E-state index >= 15 is 0 Å². The number of nitrogens with zero attached hydrogens (tertiary/aromatic N) is 3. The SMILES string of the molecule is CCCS(=O)(=O)Nc1ncc(F)c(-c2cc3cnc(C)cc3n(C)c2=O)c1F. The molecule has 148 valence electrons. The van der Waals surface area contributed by atoms with Crippen LogP contribution < -0.4 is 10.3 Å². The van der Waals surface area contributed by atoms with E-state index in [1.54, 1.807) is 19.9 Å². The summed E-state index contributed by atoms with van der Waals surface area (Å²) in [6, 6.07) is 3.01. The molecule has 0 spiro atoms. The van der Waals surface area contributed by atoms with Crippen molar-refractivity contribution in [1.29, 1.82) is 0 Å². The Morgan fingerprint density at radius 2 is 1.89 bits per heavy atom. The second kappa shape index (κ2) is 7.27. The summed E-state index contributed by atoms with van der Waals surface area (Å²) in [5.74, 6) is -3.23. The third-order valence-electron chi connectivity index (χ3n) is 4.21. The second-order valence-electron chi connectivity index (χ2n) is 6.37. The van der Waals surface area contributed by atoms with Crippen LogP contribution >= 0.6 is 0 Å². The standard InChI is InChI=1S/C18H18F2N4O3S/c1-4-5-28(26,27)23-17-16(20)15(13(19)9-22-17)12-7-11-8-21-10(2)6-14(11)24(3)18(12)25/h6-9H,4-5H2,1-3H3,(H,22,23). The Labute approximate surface area is 160 Å². The van der Waals surface area contributed by atoms with E-state index in [1.165, 1.54) is 23.9 Å². The van der Waals surface area contributed by atoms with Crippen molar-refractivity contribution in [3.05, 3.63) is 52.2 Å². The van der Waals surface area contributed by atoms with Gasteiger partial charge < -0.3 is 4.57 Å². The number of rotatable bonds is 5. The lowest BCUT2D eigenvalue weighted by Crippen LogP contribution is -2.21. The summed E-state index contributed by atoms with van der Waals surface area (Å²) in [5.41, 5.74) is -0.296. The molecule has 3 heterocycles. The molecule has 0 aliphatic carbocycles. The molecular formula is C18H18F2N4O3S. The van der Waals surface area contributed by atoms with Gasteiger partial charge in [-0.15, -0.1) is 0 Å². The highest BCUT2D eigenvalue weighted by Crippen LogP contribution is 2.29. The summed E-state index contributed by atoms with van der Waals surface area (Å²) >= 11 is 0. The number of aryl methyl sites for hydroxylation is 2. The number of halogens is 2. The zero-order chi connectivity index (χ0) is 20.6. The van der Waals surface area contributed by atoms with Crippen molar-refractivity contribution in [3.63, 3.8) is 0 Å². The maximum Gasteiger partial charge on any atom is 0.258 e. The minimum Gasteiger partial charge on any atom is -0.311 e. The number of fused-ring (bicyclic) bond motifs is 1. The monoisotopic (exact) mass is 408 g/mol. The minimum absolute atomic E-state index is 0.246. The Balaban J connectivity index is 2.24. The topological polar surface area (TPSA) is 93.9 Å². The maximum atomic E-state index is 15.0. The molecule has 0 aliphatic heterocycles. The molecule has 0 aliphatic rings. The number of anilines is 1. The number of nitrogens with one attached hydrogen (secondary N) is 1. The first-order chi connectivity index (χ1) is 13.1. The fourth-order valence-corrected chi connectivity index (χ4v) is 3.97. The number of hydrogen-bond acceptors (Lipinski definition) is 5. The van der Waals surface area contributed by atoms with E-state index in [1.807, 2.05) is 4.72 Å². The average Bonchev–Trinajstić information content (AvgIpc) is 2.62. The van der Waals surface area contributed by atoms with Gasteiger partial charge >= 0.3 is 0 Å². The Bertz CT molecular complexity index is 1240. The van der Waals surface area contributed by atoms with E-state index in [0.29, 0.717) is 29.2 Å². The van der Waals surface area contributed by atoms with Gasteiger partial charge in [-0.1, -0.05) is 6.92 Å². The van der Waals surface area contributed by atoms with Gasteiger partial charge in [-0.05, 0) is 25.5 Å². The quantitative estimate of drug-likeness (QED) is 0.701. The molecule has 1 N–H and O–H groups in total. The molecule has 0 unspecified atom stereocenters. The second-order valence-corrected chi connectivity index (χ2v) is 8.21. The molecule has 28 heavy (non-hydrogen) atoms. The number of hydrogen-bond donors (Lipinski definition) is 1. The first-order valence-corrected chi connectivity index (χ1v) is 10.1. The van der Waals surface area contributed by atoms with Gasteiger partial charge in [-0.3, -0.25) is 14.5 Å². The van der Waals surface area contributed by atoms with E-state index in [-0.39, 0.29) is 11.3 Å². The Kier molecular flexibility index (Phi) is 5.16. The van der Waals surface area contributed by atoms with Crippen molar-refractivity contribution in [2.75, 3.05) is 10.5 Å². The lowest BCUT2D eigenvalue weighted by Gasteiger charge is -2.13. The van der Waals surface area contributed by atoms with Crippen molar-refractivity contribution < 1.29 is 17.2 Å². The highest BCUT2D eigenvalue weighted by atomic mass is 32.2. The van der Waals surface area contributed by atoms with Crippen molar-refractivity contribution in [2.45, 2.75) is 20.3 Å². The van der Waals surface area contributed by atoms with E-state index in [9.17, 15) is 22.0 Å². The number of aromatic nitrogens is 3. The summed E-state index contributed by atoms with van der Waals surface area (Å²) in [6.07, 6.45) is 2.48. The fraction of sp³-hybridized carbons (Fsp3) is 0.278. The van der Waals surface area contributed by atoms with Crippen LogP contribution in [-0.4, -0.2) is 28.7 Å². The summed E-state index contributed by atoms with van der Waals surface area (Å²) in [7, 11) is -2.36. The Hall–Kier alpha value is -2.88. The lowest BCUT2D eigenvalue weighted by molar-refractivity contribution is 0.579. The van der Waals surface area contributed by atoms with Crippen molar-refractivity contribution in [3.8, 4) is 11.1 Å². The smallest absolute Gasteiger partial charge is 0.258 e. The highest BCUT2D eigenvalue weighted by molar-refractivity contribution is 7.92. The van der Waals surface area contributed by atoms with Crippen molar-refractivity contribution in [1.82, 2.24) is 14.5 Å². The fourth-order valence-electron chi connectivity index (χ4n) is 2.89. The van der Waals surface area contributed by atoms with Crippen LogP contribution in [0.25, 0.3) is 22.0 Å². The van der Waals surface area contributed by atoms with Gasteiger partial charge in [0.05, 0.1) is 28.6 Å². The molecule has 0 fully saturated rings. The van der Waals surface area contributed by atoms with Crippen molar-refractivity contribution in [2.24, 2.45) is 7.05 Å². The van der Waals surface area contributed by atoms with Gasteiger partial charge in [0.1, 0.15) is 0 Å². The Morgan fingerprint density at radius 1 is 1.18 bits per heavy atom. The summed E-state index contributed by atoms with van der Waals surface area (Å²) in [4.78, 5) is 20.4. The predicted octanol–water partition coefficient (Wildman–Crippen LogP) is 2.73. The van der Waals surface area contributed by atoms with E-state index < -0.39 is 38.6 Å². The van der Waals surface area contributed by atoms with Gasteiger partial charge in [0.25, 0.3) is 5.56 Å².